The first-order valence-electron chi connectivity index (χ1n) is 8.12. The lowest BCUT2D eigenvalue weighted by Gasteiger charge is -2.36. The van der Waals surface area contributed by atoms with E-state index in [0.717, 1.165) is 29.0 Å². The molecule has 1 atom stereocenters. The van der Waals surface area contributed by atoms with Crippen molar-refractivity contribution in [2.24, 2.45) is 0 Å². The Morgan fingerprint density at radius 2 is 1.85 bits per heavy atom. The predicted molar refractivity (Wildman–Crippen MR) is 89.3 cm³/mol. The molecule has 138 valence electrons. The van der Waals surface area contributed by atoms with Crippen LogP contribution >= 0.6 is 0 Å². The summed E-state index contributed by atoms with van der Waals surface area (Å²) >= 11 is 0. The summed E-state index contributed by atoms with van der Waals surface area (Å²) in [6.07, 6.45) is -4.06. The van der Waals surface area contributed by atoms with E-state index in [1.807, 2.05) is 25.1 Å². The molecule has 0 aliphatic carbocycles. The van der Waals surface area contributed by atoms with Crippen molar-refractivity contribution < 1.29 is 27.4 Å². The lowest BCUT2D eigenvalue weighted by molar-refractivity contribution is -0.274. The van der Waals surface area contributed by atoms with Crippen LogP contribution in [0, 0.1) is 0 Å². The third-order valence-electron chi connectivity index (χ3n) is 4.48. The average Bonchev–Trinajstić information content (AvgIpc) is 2.60. The average molecular weight is 365 g/mol. The second-order valence-corrected chi connectivity index (χ2v) is 6.03. The molecule has 0 N–H and O–H groups in total. The van der Waals surface area contributed by atoms with Crippen LogP contribution in [-0.2, 0) is 6.42 Å². The minimum atomic E-state index is -4.76. The maximum absolute atomic E-state index is 12.8. The molecule has 0 bridgehead atoms. The first-order valence-corrected chi connectivity index (χ1v) is 8.12. The summed E-state index contributed by atoms with van der Waals surface area (Å²) in [7, 11) is 1.59. The Hall–Kier alpha value is -2.70. The summed E-state index contributed by atoms with van der Waals surface area (Å²) in [5, 5.41) is 0. The van der Waals surface area contributed by atoms with Gasteiger partial charge in [0.05, 0.1) is 13.2 Å². The third kappa shape index (κ3) is 3.61. The van der Waals surface area contributed by atoms with Gasteiger partial charge in [0.25, 0.3) is 5.91 Å². The van der Waals surface area contributed by atoms with Gasteiger partial charge in [-0.1, -0.05) is 12.1 Å². The molecule has 1 unspecified atom stereocenters. The highest BCUT2D eigenvalue weighted by Gasteiger charge is 2.32. The quantitative estimate of drug-likeness (QED) is 0.812. The number of hydrogen-bond acceptors (Lipinski definition) is 3. The molecule has 7 heteroatoms. The normalized spacial score (nSPS) is 16.8. The van der Waals surface area contributed by atoms with Crippen LogP contribution in [0.3, 0.4) is 0 Å². The van der Waals surface area contributed by atoms with Crippen molar-refractivity contribution in [3.8, 4) is 11.5 Å². The number of fused-ring (bicyclic) bond motifs is 1. The van der Waals surface area contributed by atoms with Crippen LogP contribution in [0.25, 0.3) is 0 Å². The summed E-state index contributed by atoms with van der Waals surface area (Å²) in [6, 6.07) is 10.6. The summed E-state index contributed by atoms with van der Waals surface area (Å²) in [6.45, 7) is 2.44. The number of methoxy groups -OCH3 is 1. The molecule has 2 aromatic carbocycles. The maximum atomic E-state index is 12.8. The first-order chi connectivity index (χ1) is 12.3. The molecule has 0 spiro atoms. The van der Waals surface area contributed by atoms with Crippen LogP contribution in [-0.4, -0.2) is 30.8 Å². The predicted octanol–water partition coefficient (Wildman–Crippen LogP) is 4.35. The lowest BCUT2D eigenvalue weighted by atomic mass is 9.92. The van der Waals surface area contributed by atoms with Crippen LogP contribution in [0.4, 0.5) is 13.2 Å². The lowest BCUT2D eigenvalue weighted by Crippen LogP contribution is -2.39. The largest absolute Gasteiger partial charge is 0.573 e. The maximum Gasteiger partial charge on any atom is 0.573 e. The van der Waals surface area contributed by atoms with E-state index in [-0.39, 0.29) is 17.7 Å². The molecule has 1 aliphatic rings. The van der Waals surface area contributed by atoms with Gasteiger partial charge in [0, 0.05) is 17.7 Å². The molecule has 1 aliphatic heterocycles. The minimum absolute atomic E-state index is 0.200. The second-order valence-electron chi connectivity index (χ2n) is 6.03. The van der Waals surface area contributed by atoms with Crippen molar-refractivity contribution in [1.82, 2.24) is 4.90 Å². The fraction of sp³-hybridized carbons (Fsp3) is 0.316. The van der Waals surface area contributed by atoms with Crippen molar-refractivity contribution >= 4 is 5.91 Å². The van der Waals surface area contributed by atoms with Crippen LogP contribution in [0.2, 0.25) is 0 Å². The Labute approximate surface area is 149 Å². The van der Waals surface area contributed by atoms with Crippen molar-refractivity contribution in [1.29, 1.82) is 0 Å². The van der Waals surface area contributed by atoms with Crippen molar-refractivity contribution in [2.75, 3.05) is 13.7 Å². The molecule has 0 saturated heterocycles. The number of benzene rings is 2. The summed E-state index contributed by atoms with van der Waals surface area (Å²) in [4.78, 5) is 14.5. The number of amides is 1. The molecule has 3 rings (SSSR count). The van der Waals surface area contributed by atoms with Gasteiger partial charge in [-0.05, 0) is 49.2 Å². The fourth-order valence-electron chi connectivity index (χ4n) is 3.29. The van der Waals surface area contributed by atoms with Gasteiger partial charge in [-0.3, -0.25) is 4.79 Å². The number of nitrogens with zero attached hydrogens (tertiary/aromatic N) is 1. The molecular weight excluding hydrogens is 347 g/mol. The molecule has 0 fully saturated rings. The Balaban J connectivity index is 1.82. The van der Waals surface area contributed by atoms with Crippen LogP contribution in [0.5, 0.6) is 11.5 Å². The monoisotopic (exact) mass is 365 g/mol. The second kappa shape index (κ2) is 6.90. The zero-order valence-corrected chi connectivity index (χ0v) is 14.3. The molecule has 1 heterocycles. The smallest absolute Gasteiger partial charge is 0.496 e. The van der Waals surface area contributed by atoms with Crippen LogP contribution < -0.4 is 9.47 Å². The molecular formula is C19H18F3NO3. The van der Waals surface area contributed by atoms with E-state index in [4.69, 9.17) is 4.74 Å². The van der Waals surface area contributed by atoms with Crippen molar-refractivity contribution in [3.63, 3.8) is 0 Å². The topological polar surface area (TPSA) is 38.8 Å². The van der Waals surface area contributed by atoms with Gasteiger partial charge in [-0.2, -0.15) is 0 Å². The molecule has 4 nitrogen and oxygen atoms in total. The number of alkyl halides is 3. The van der Waals surface area contributed by atoms with Gasteiger partial charge in [-0.25, -0.2) is 0 Å². The summed E-state index contributed by atoms with van der Waals surface area (Å²) in [5.74, 6) is 0.127. The highest BCUT2D eigenvalue weighted by Crippen LogP contribution is 2.37. The minimum Gasteiger partial charge on any atom is -0.496 e. The molecule has 0 radical (unpaired) electrons. The Morgan fingerprint density at radius 3 is 2.46 bits per heavy atom. The van der Waals surface area contributed by atoms with Gasteiger partial charge >= 0.3 is 6.36 Å². The van der Waals surface area contributed by atoms with Crippen molar-refractivity contribution in [3.05, 3.63) is 59.2 Å². The summed E-state index contributed by atoms with van der Waals surface area (Å²) in [5.41, 5.74) is 2.41. The number of halogens is 3. The van der Waals surface area contributed by atoms with E-state index in [1.54, 1.807) is 12.0 Å². The van der Waals surface area contributed by atoms with Gasteiger partial charge in [0.2, 0.25) is 0 Å². The Morgan fingerprint density at radius 1 is 1.15 bits per heavy atom. The highest BCUT2D eigenvalue weighted by molar-refractivity contribution is 5.94. The summed E-state index contributed by atoms with van der Waals surface area (Å²) < 4.78 is 46.0. The zero-order valence-electron chi connectivity index (χ0n) is 14.3. The first kappa shape index (κ1) is 18.1. The fourth-order valence-corrected chi connectivity index (χ4v) is 3.29. The highest BCUT2D eigenvalue weighted by atomic mass is 19.4. The van der Waals surface area contributed by atoms with E-state index in [1.165, 1.54) is 12.1 Å². The number of carbonyl (C=O) groups excluding carboxylic acids is 1. The van der Waals surface area contributed by atoms with Crippen molar-refractivity contribution in [2.45, 2.75) is 25.7 Å². The number of hydrogen-bond donors (Lipinski definition) is 0. The van der Waals surface area contributed by atoms with Gasteiger partial charge < -0.3 is 14.4 Å². The van der Waals surface area contributed by atoms with E-state index >= 15 is 0 Å². The molecule has 0 aromatic heterocycles. The SMILES string of the molecule is COc1cccc2c1C(C)N(C(=O)c1ccc(OC(F)(F)F)cc1)CC2. The van der Waals surface area contributed by atoms with E-state index in [2.05, 4.69) is 4.74 Å². The molecule has 1 amide bonds. The van der Waals surface area contributed by atoms with E-state index in [0.29, 0.717) is 18.5 Å². The van der Waals surface area contributed by atoms with Gasteiger partial charge in [0.1, 0.15) is 11.5 Å². The Bertz CT molecular complexity index is 788. The van der Waals surface area contributed by atoms with E-state index < -0.39 is 6.36 Å². The molecule has 0 saturated carbocycles. The van der Waals surface area contributed by atoms with E-state index in [9.17, 15) is 18.0 Å². The van der Waals surface area contributed by atoms with Crippen LogP contribution in [0.1, 0.15) is 34.5 Å². The van der Waals surface area contributed by atoms with Gasteiger partial charge in [0.15, 0.2) is 0 Å². The standard InChI is InChI=1S/C19H18F3NO3/c1-12-17-13(4-3-5-16(17)25-2)10-11-23(12)18(24)14-6-8-15(9-7-14)26-19(20,21)22/h3-9,12H,10-11H2,1-2H3. The molecule has 26 heavy (non-hydrogen) atoms. The third-order valence-corrected chi connectivity index (χ3v) is 4.48. The van der Waals surface area contributed by atoms with Crippen LogP contribution in [0.15, 0.2) is 42.5 Å². The number of rotatable bonds is 3. The zero-order chi connectivity index (χ0) is 18.9. The number of ether oxygens (including phenoxy) is 2. The Kier molecular flexibility index (Phi) is 4.80. The number of carbonyl (C=O) groups is 1. The van der Waals surface area contributed by atoms with Gasteiger partial charge in [-0.15, -0.1) is 13.2 Å². The molecule has 2 aromatic rings.